The number of carbonyl (C=O) groups excluding carboxylic acids is 1. The Morgan fingerprint density at radius 2 is 1.70 bits per heavy atom. The molecule has 220 valence electrons. The maximum absolute atomic E-state index is 12.8. The Balaban J connectivity index is 1.56. The van der Waals surface area contributed by atoms with Crippen LogP contribution in [-0.4, -0.2) is 59.9 Å². The summed E-state index contributed by atoms with van der Waals surface area (Å²) in [6.45, 7) is 9.64. The molecule has 1 aliphatic heterocycles. The maximum atomic E-state index is 12.8. The Morgan fingerprint density at radius 1 is 1.02 bits per heavy atom. The molecule has 0 aromatic heterocycles. The van der Waals surface area contributed by atoms with Gasteiger partial charge in [0.2, 0.25) is 0 Å². The summed E-state index contributed by atoms with van der Waals surface area (Å²) in [6.07, 6.45) is 10.3. The zero-order valence-electron chi connectivity index (χ0n) is 24.9. The summed E-state index contributed by atoms with van der Waals surface area (Å²) >= 11 is 4.18. The van der Waals surface area contributed by atoms with E-state index >= 15 is 0 Å². The van der Waals surface area contributed by atoms with Crippen LogP contribution in [0.5, 0.6) is 0 Å². The van der Waals surface area contributed by atoms with Crippen LogP contribution in [0.3, 0.4) is 0 Å². The minimum absolute atomic E-state index is 0.277. The first-order valence-corrected chi connectivity index (χ1v) is 23.8. The number of rotatable bonds is 17. The summed E-state index contributed by atoms with van der Waals surface area (Å²) in [4.78, 5) is 19.3. The van der Waals surface area contributed by atoms with Crippen molar-refractivity contribution in [3.8, 4) is 0 Å². The SMILES string of the molecule is CCC[CH2][Sn]([CH2]CCC)([CH2]CCC)[CH2]OCCN=Cc1cc(Cl)cc2c1CN(C(=O)OCc1ccccc1)CC2. The van der Waals surface area contributed by atoms with Crippen molar-refractivity contribution in [1.82, 2.24) is 4.90 Å². The van der Waals surface area contributed by atoms with Crippen LogP contribution in [0.25, 0.3) is 0 Å². The van der Waals surface area contributed by atoms with Crippen molar-refractivity contribution in [3.63, 3.8) is 0 Å². The van der Waals surface area contributed by atoms with Gasteiger partial charge in [-0.05, 0) is 5.56 Å². The van der Waals surface area contributed by atoms with Crippen LogP contribution in [0, 0.1) is 0 Å². The van der Waals surface area contributed by atoms with Gasteiger partial charge in [0.25, 0.3) is 0 Å². The topological polar surface area (TPSA) is 51.1 Å². The number of fused-ring (bicyclic) bond motifs is 1. The van der Waals surface area contributed by atoms with Crippen molar-refractivity contribution in [2.45, 2.75) is 92.2 Å². The Bertz CT molecular complexity index is 1040. The van der Waals surface area contributed by atoms with Gasteiger partial charge in [0.1, 0.15) is 6.61 Å². The fraction of sp³-hybridized carbons (Fsp3) is 0.576. The molecule has 0 spiro atoms. The third kappa shape index (κ3) is 10.7. The van der Waals surface area contributed by atoms with Gasteiger partial charge in [-0.25, -0.2) is 0 Å². The van der Waals surface area contributed by atoms with E-state index in [2.05, 4.69) is 20.8 Å². The zero-order chi connectivity index (χ0) is 28.6. The predicted molar refractivity (Wildman–Crippen MR) is 170 cm³/mol. The molecule has 0 aliphatic carbocycles. The van der Waals surface area contributed by atoms with Crippen molar-refractivity contribution in [3.05, 3.63) is 69.7 Å². The van der Waals surface area contributed by atoms with E-state index in [-0.39, 0.29) is 12.7 Å². The molecule has 0 atom stereocenters. The molecule has 0 saturated carbocycles. The first-order valence-electron chi connectivity index (χ1n) is 15.3. The molecule has 0 bridgehead atoms. The van der Waals surface area contributed by atoms with E-state index < -0.39 is 18.4 Å². The Labute approximate surface area is 251 Å². The predicted octanol–water partition coefficient (Wildman–Crippen LogP) is 8.86. The van der Waals surface area contributed by atoms with Gasteiger partial charge < -0.3 is 0 Å². The average Bonchev–Trinajstić information content (AvgIpc) is 2.98. The van der Waals surface area contributed by atoms with Crippen LogP contribution in [0.1, 0.15) is 81.5 Å². The number of aliphatic imine (C=N–C) groups is 1. The molecule has 0 fully saturated rings. The third-order valence-corrected chi connectivity index (χ3v) is 22.6. The van der Waals surface area contributed by atoms with Gasteiger partial charge in [-0.1, -0.05) is 30.3 Å². The van der Waals surface area contributed by atoms with Crippen molar-refractivity contribution in [2.75, 3.05) is 24.3 Å². The van der Waals surface area contributed by atoms with E-state index in [1.54, 1.807) is 4.90 Å². The Morgan fingerprint density at radius 3 is 2.35 bits per heavy atom. The summed E-state index contributed by atoms with van der Waals surface area (Å²) in [7, 11) is 0. The van der Waals surface area contributed by atoms with Crippen LogP contribution in [0.15, 0.2) is 47.5 Å². The van der Waals surface area contributed by atoms with Crippen LogP contribution < -0.4 is 0 Å². The van der Waals surface area contributed by atoms with E-state index in [0.717, 1.165) is 27.7 Å². The fourth-order valence-electron chi connectivity index (χ4n) is 5.55. The number of ether oxygens (including phenoxy) is 2. The number of halogens is 1. The number of hydrogen-bond acceptors (Lipinski definition) is 4. The molecule has 2 aromatic carbocycles. The number of benzene rings is 2. The first kappa shape index (κ1) is 32.9. The average molecular weight is 676 g/mol. The van der Waals surface area contributed by atoms with Gasteiger partial charge in [-0.3, -0.25) is 0 Å². The summed E-state index contributed by atoms with van der Waals surface area (Å²) in [5.41, 5.74) is 4.24. The summed E-state index contributed by atoms with van der Waals surface area (Å²) in [6, 6.07) is 13.7. The molecular formula is C33H49ClN2O3Sn. The van der Waals surface area contributed by atoms with E-state index in [1.165, 1.54) is 57.4 Å². The summed E-state index contributed by atoms with van der Waals surface area (Å²) in [5.74, 6) is 0. The van der Waals surface area contributed by atoms with Crippen molar-refractivity contribution in [2.24, 2.45) is 4.99 Å². The Kier molecular flexibility index (Phi) is 14.9. The van der Waals surface area contributed by atoms with Gasteiger partial charge in [0.05, 0.1) is 0 Å². The molecule has 0 saturated heterocycles. The molecule has 1 aliphatic rings. The normalized spacial score (nSPS) is 13.6. The quantitative estimate of drug-likeness (QED) is 0.0957. The van der Waals surface area contributed by atoms with Gasteiger partial charge in [0, 0.05) is 0 Å². The fourth-order valence-corrected chi connectivity index (χ4v) is 20.3. The number of unbranched alkanes of at least 4 members (excludes halogenated alkanes) is 3. The Hall–Kier alpha value is -1.57. The van der Waals surface area contributed by atoms with Crippen molar-refractivity contribution in [1.29, 1.82) is 0 Å². The minimum atomic E-state index is -2.27. The third-order valence-electron chi connectivity index (χ3n) is 7.99. The first-order chi connectivity index (χ1) is 19.5. The van der Waals surface area contributed by atoms with E-state index in [9.17, 15) is 4.79 Å². The molecule has 1 amide bonds. The van der Waals surface area contributed by atoms with Crippen LogP contribution in [-0.2, 0) is 29.0 Å². The van der Waals surface area contributed by atoms with Crippen LogP contribution in [0.4, 0.5) is 4.79 Å². The molecule has 3 rings (SSSR count). The molecule has 1 heterocycles. The van der Waals surface area contributed by atoms with Gasteiger partial charge in [0.15, 0.2) is 0 Å². The van der Waals surface area contributed by atoms with Crippen LogP contribution in [0.2, 0.25) is 18.3 Å². The molecular weight excluding hydrogens is 627 g/mol. The van der Waals surface area contributed by atoms with E-state index in [0.29, 0.717) is 31.3 Å². The standard InChI is InChI=1S/C21H22ClN2O3.3C4H9.Sn/c1-26-10-8-23-13-18-12-19(22)11-17-7-9-24(14-20(17)18)21(25)27-15-16-5-3-2-4-6-16;3*1-3-4-2;/h2-6,11-13H,1,7-10,14-15H2;3*1,3-4H2,2H3;. The summed E-state index contributed by atoms with van der Waals surface area (Å²) < 4.78 is 17.4. The van der Waals surface area contributed by atoms with Crippen molar-refractivity contribution >= 4 is 42.3 Å². The molecule has 0 radical (unpaired) electrons. The van der Waals surface area contributed by atoms with E-state index in [1.807, 2.05) is 48.7 Å². The molecule has 40 heavy (non-hydrogen) atoms. The van der Waals surface area contributed by atoms with Crippen LogP contribution >= 0.6 is 11.6 Å². The van der Waals surface area contributed by atoms with Gasteiger partial charge >= 0.3 is 210 Å². The molecule has 2 aromatic rings. The second-order valence-electron chi connectivity index (χ2n) is 11.2. The number of carbonyl (C=O) groups is 1. The second-order valence-corrected chi connectivity index (χ2v) is 25.3. The molecule has 0 N–H and O–H groups in total. The number of hydrogen-bond donors (Lipinski definition) is 0. The van der Waals surface area contributed by atoms with Gasteiger partial charge in [-0.15, -0.1) is 0 Å². The van der Waals surface area contributed by atoms with E-state index in [4.69, 9.17) is 26.1 Å². The molecule has 5 nitrogen and oxygen atoms in total. The molecule has 7 heteroatoms. The number of amides is 1. The second kappa shape index (κ2) is 18.1. The van der Waals surface area contributed by atoms with Crippen molar-refractivity contribution < 1.29 is 14.3 Å². The summed E-state index contributed by atoms with van der Waals surface area (Å²) in [5, 5.41) is 0.707. The van der Waals surface area contributed by atoms with Gasteiger partial charge in [-0.2, -0.15) is 0 Å². The number of nitrogens with zero attached hydrogens (tertiary/aromatic N) is 2. The zero-order valence-corrected chi connectivity index (χ0v) is 28.5. The molecule has 0 unspecified atom stereocenters. The monoisotopic (exact) mass is 676 g/mol.